The number of benzene rings is 4. The summed E-state index contributed by atoms with van der Waals surface area (Å²) in [7, 11) is 0. The number of hydrogen-bond donors (Lipinski definition) is 1. The Labute approximate surface area is 255 Å². The lowest BCUT2D eigenvalue weighted by Gasteiger charge is -2.36. The van der Waals surface area contributed by atoms with Gasteiger partial charge in [0, 0.05) is 11.3 Å². The zero-order valence-corrected chi connectivity index (χ0v) is 24.1. The Hall–Kier alpha value is -4.69. The molecule has 226 valence electrons. The third-order valence-electron chi connectivity index (χ3n) is 7.91. The quantitative estimate of drug-likeness (QED) is 0.156. The van der Waals surface area contributed by atoms with E-state index >= 15 is 0 Å². The first kappa shape index (κ1) is 30.8. The molecule has 1 N–H and O–H groups in total. The highest BCUT2D eigenvalue weighted by Crippen LogP contribution is 2.34. The Kier molecular flexibility index (Phi) is 9.60. The maximum absolute atomic E-state index is 13.2. The van der Waals surface area contributed by atoms with Crippen LogP contribution in [0.3, 0.4) is 0 Å². The van der Waals surface area contributed by atoms with Crippen molar-refractivity contribution in [2.75, 3.05) is 25.0 Å². The molecule has 0 saturated carbocycles. The molecule has 4 aromatic rings. The highest BCUT2D eigenvalue weighted by Gasteiger charge is 2.33. The van der Waals surface area contributed by atoms with Crippen molar-refractivity contribution < 1.29 is 27.5 Å². The van der Waals surface area contributed by atoms with E-state index < -0.39 is 17.8 Å². The first-order chi connectivity index (χ1) is 21.2. The van der Waals surface area contributed by atoms with Gasteiger partial charge < -0.3 is 10.1 Å². The van der Waals surface area contributed by atoms with Crippen LogP contribution >= 0.6 is 0 Å². The molecule has 5 nitrogen and oxygen atoms in total. The molecule has 1 unspecified atom stereocenters. The van der Waals surface area contributed by atoms with Crippen molar-refractivity contribution in [2.45, 2.75) is 31.0 Å². The van der Waals surface area contributed by atoms with E-state index in [0.29, 0.717) is 28.3 Å². The predicted molar refractivity (Wildman–Crippen MR) is 165 cm³/mol. The van der Waals surface area contributed by atoms with E-state index in [1.54, 1.807) is 30.3 Å². The van der Waals surface area contributed by atoms with Crippen molar-refractivity contribution in [3.63, 3.8) is 0 Å². The molecule has 1 aliphatic rings. The van der Waals surface area contributed by atoms with Crippen molar-refractivity contribution in [3.05, 3.63) is 138 Å². The summed E-state index contributed by atoms with van der Waals surface area (Å²) in [6, 6.07) is 28.5. The van der Waals surface area contributed by atoms with Crippen LogP contribution in [0.1, 0.15) is 51.8 Å². The molecule has 0 spiro atoms. The molecule has 44 heavy (non-hydrogen) atoms. The molecule has 0 bridgehead atoms. The normalized spacial score (nSPS) is 14.9. The largest absolute Gasteiger partial charge is 0.460 e. The Morgan fingerprint density at radius 3 is 2.16 bits per heavy atom. The van der Waals surface area contributed by atoms with Crippen molar-refractivity contribution in [1.29, 1.82) is 0 Å². The molecule has 4 aromatic carbocycles. The van der Waals surface area contributed by atoms with Gasteiger partial charge >= 0.3 is 12.1 Å². The smallest absolute Gasteiger partial charge is 0.416 e. The molecular formula is C36H33F3N2O3. The van der Waals surface area contributed by atoms with E-state index in [4.69, 9.17) is 4.74 Å². The van der Waals surface area contributed by atoms with Crippen molar-refractivity contribution >= 4 is 17.6 Å². The second-order valence-corrected chi connectivity index (χ2v) is 10.7. The lowest BCUT2D eigenvalue weighted by molar-refractivity contribution is -0.149. The monoisotopic (exact) mass is 598 g/mol. The Morgan fingerprint density at radius 1 is 0.886 bits per heavy atom. The van der Waals surface area contributed by atoms with Crippen molar-refractivity contribution in [3.8, 4) is 11.1 Å². The van der Waals surface area contributed by atoms with Gasteiger partial charge in [0.25, 0.3) is 5.91 Å². The molecule has 1 amide bonds. The summed E-state index contributed by atoms with van der Waals surface area (Å²) in [5.41, 5.74) is 3.36. The predicted octanol–water partition coefficient (Wildman–Crippen LogP) is 8.27. The van der Waals surface area contributed by atoms with E-state index in [1.165, 1.54) is 12.1 Å². The summed E-state index contributed by atoms with van der Waals surface area (Å²) in [6.07, 6.45) is -1.13. The summed E-state index contributed by atoms with van der Waals surface area (Å²) < 4.78 is 44.5. The second kappa shape index (κ2) is 13.7. The van der Waals surface area contributed by atoms with Crippen molar-refractivity contribution in [1.82, 2.24) is 4.90 Å². The van der Waals surface area contributed by atoms with Gasteiger partial charge in [-0.2, -0.15) is 13.2 Å². The van der Waals surface area contributed by atoms with Gasteiger partial charge in [-0.3, -0.25) is 9.69 Å². The molecule has 8 heteroatoms. The topological polar surface area (TPSA) is 58.6 Å². The number of hydrogen-bond acceptors (Lipinski definition) is 4. The highest BCUT2D eigenvalue weighted by atomic mass is 19.4. The molecule has 0 aromatic heterocycles. The van der Waals surface area contributed by atoms with E-state index in [2.05, 4.69) is 16.8 Å². The number of ether oxygens (including phenoxy) is 1. The average Bonchev–Trinajstić information content (AvgIpc) is 3.05. The van der Waals surface area contributed by atoms with Crippen LogP contribution in [-0.4, -0.2) is 36.5 Å². The lowest BCUT2D eigenvalue weighted by Crippen LogP contribution is -2.40. The van der Waals surface area contributed by atoms with Gasteiger partial charge in [-0.15, -0.1) is 0 Å². The van der Waals surface area contributed by atoms with Crippen LogP contribution in [0.25, 0.3) is 11.1 Å². The van der Waals surface area contributed by atoms with E-state index in [9.17, 15) is 22.8 Å². The van der Waals surface area contributed by atoms with Crippen LogP contribution in [-0.2, 0) is 15.7 Å². The summed E-state index contributed by atoms with van der Waals surface area (Å²) in [5, 5.41) is 2.92. The SMILES string of the molecule is C=CCOC(=O)C(c1ccccc1)N1CCC(c2ccc(NC(=O)c3ccccc3-c3ccc(C(F)(F)F)cc3)cc2)CC1. The molecule has 1 heterocycles. The van der Waals surface area contributed by atoms with Gasteiger partial charge in [-0.1, -0.05) is 85.5 Å². The Balaban J connectivity index is 1.23. The van der Waals surface area contributed by atoms with Gasteiger partial charge in [-0.05, 0) is 84.4 Å². The molecule has 0 aliphatic carbocycles. The first-order valence-corrected chi connectivity index (χ1v) is 14.5. The summed E-state index contributed by atoms with van der Waals surface area (Å²) in [4.78, 5) is 28.3. The lowest BCUT2D eigenvalue weighted by atomic mass is 9.88. The van der Waals surface area contributed by atoms with Gasteiger partial charge in [-0.25, -0.2) is 4.79 Å². The molecule has 1 fully saturated rings. The van der Waals surface area contributed by atoms with Crippen molar-refractivity contribution in [2.24, 2.45) is 0 Å². The van der Waals surface area contributed by atoms with Crippen LogP contribution in [0.5, 0.6) is 0 Å². The molecule has 1 aliphatic heterocycles. The third kappa shape index (κ3) is 7.26. The second-order valence-electron chi connectivity index (χ2n) is 10.7. The number of piperidine rings is 1. The molecular weight excluding hydrogens is 565 g/mol. The number of nitrogens with one attached hydrogen (secondary N) is 1. The number of nitrogens with zero attached hydrogens (tertiary/aromatic N) is 1. The maximum Gasteiger partial charge on any atom is 0.416 e. The standard InChI is InChI=1S/C36H33F3N2O3/c1-2-24-44-35(43)33(28-8-4-3-5-9-28)41-22-20-26(21-23-41)25-14-18-30(19-15-25)40-34(42)32-11-7-6-10-31(32)27-12-16-29(17-13-27)36(37,38)39/h2-19,26,33H,1,20-24H2,(H,40,42). The van der Waals surface area contributed by atoms with Crippen LogP contribution in [0.15, 0.2) is 116 Å². The minimum atomic E-state index is -4.43. The fraction of sp³-hybridized carbons (Fsp3) is 0.222. The Morgan fingerprint density at radius 2 is 1.52 bits per heavy atom. The molecule has 0 radical (unpaired) electrons. The summed E-state index contributed by atoms with van der Waals surface area (Å²) >= 11 is 0. The number of amides is 1. The zero-order chi connectivity index (χ0) is 31.1. The molecule has 5 rings (SSSR count). The number of alkyl halides is 3. The summed E-state index contributed by atoms with van der Waals surface area (Å²) in [5.74, 6) is -0.330. The number of carbonyl (C=O) groups is 2. The zero-order valence-electron chi connectivity index (χ0n) is 24.1. The van der Waals surface area contributed by atoms with E-state index in [0.717, 1.165) is 49.2 Å². The fourth-order valence-electron chi connectivity index (χ4n) is 5.65. The Bertz CT molecular complexity index is 1580. The number of carbonyl (C=O) groups excluding carboxylic acids is 2. The minimum absolute atomic E-state index is 0.169. The third-order valence-corrected chi connectivity index (χ3v) is 7.91. The van der Waals surface area contributed by atoms with Gasteiger partial charge in [0.05, 0.1) is 5.56 Å². The number of likely N-dealkylation sites (tertiary alicyclic amines) is 1. The first-order valence-electron chi connectivity index (χ1n) is 14.5. The molecule has 1 atom stereocenters. The maximum atomic E-state index is 13.2. The molecule has 1 saturated heterocycles. The van der Waals surface area contributed by atoms with Crippen LogP contribution in [0.2, 0.25) is 0 Å². The number of anilines is 1. The number of halogens is 3. The van der Waals surface area contributed by atoms with Crippen LogP contribution < -0.4 is 5.32 Å². The highest BCUT2D eigenvalue weighted by molar-refractivity contribution is 6.08. The minimum Gasteiger partial charge on any atom is -0.460 e. The van der Waals surface area contributed by atoms with E-state index in [1.807, 2.05) is 54.6 Å². The fourth-order valence-corrected chi connectivity index (χ4v) is 5.65. The van der Waals surface area contributed by atoms with Gasteiger partial charge in [0.1, 0.15) is 12.6 Å². The van der Waals surface area contributed by atoms with Crippen LogP contribution in [0, 0.1) is 0 Å². The number of rotatable bonds is 9. The van der Waals surface area contributed by atoms with Gasteiger partial charge in [0.2, 0.25) is 0 Å². The van der Waals surface area contributed by atoms with Gasteiger partial charge in [0.15, 0.2) is 0 Å². The van der Waals surface area contributed by atoms with E-state index in [-0.39, 0.29) is 18.5 Å². The number of esters is 1. The average molecular weight is 599 g/mol. The van der Waals surface area contributed by atoms with Crippen LogP contribution in [0.4, 0.5) is 18.9 Å². The summed E-state index contributed by atoms with van der Waals surface area (Å²) in [6.45, 7) is 5.26.